The number of nitro benzene ring substituents is 1. The predicted molar refractivity (Wildman–Crippen MR) is 92.3 cm³/mol. The summed E-state index contributed by atoms with van der Waals surface area (Å²) in [6.45, 7) is 0.455. The molecule has 1 aromatic carbocycles. The molecule has 0 heterocycles. The molecule has 1 aliphatic carbocycles. The lowest BCUT2D eigenvalue weighted by atomic mass is 9.94. The van der Waals surface area contributed by atoms with Crippen molar-refractivity contribution in [2.45, 2.75) is 44.6 Å². The molecule has 2 N–H and O–H groups in total. The van der Waals surface area contributed by atoms with E-state index in [1.165, 1.54) is 12.5 Å². The first kappa shape index (κ1) is 18.2. The molecule has 0 spiro atoms. The predicted octanol–water partition coefficient (Wildman–Crippen LogP) is 2.79. The summed E-state index contributed by atoms with van der Waals surface area (Å²) in [4.78, 5) is 25.2. The van der Waals surface area contributed by atoms with Crippen molar-refractivity contribution in [1.82, 2.24) is 4.90 Å². The summed E-state index contributed by atoms with van der Waals surface area (Å²) in [5, 5.41) is 23.0. The van der Waals surface area contributed by atoms with Crippen LogP contribution >= 0.6 is 0 Å². The topological polar surface area (TPSA) is 95.7 Å². The summed E-state index contributed by atoms with van der Waals surface area (Å²) in [5.41, 5.74) is 0.587. The van der Waals surface area contributed by atoms with Gasteiger partial charge in [-0.1, -0.05) is 19.3 Å². The normalized spacial score (nSPS) is 15.1. The zero-order chi connectivity index (χ0) is 17.5. The van der Waals surface area contributed by atoms with Gasteiger partial charge >= 0.3 is 0 Å². The fourth-order valence-corrected chi connectivity index (χ4v) is 3.11. The molecule has 7 heteroatoms. The second kappa shape index (κ2) is 8.63. The smallest absolute Gasteiger partial charge is 0.293 e. The molecule has 0 aliphatic heterocycles. The van der Waals surface area contributed by atoms with Crippen LogP contribution < -0.4 is 5.32 Å². The van der Waals surface area contributed by atoms with E-state index in [4.69, 9.17) is 5.11 Å². The molecule has 0 atom stereocenters. The number of hydrogen-bond donors (Lipinski definition) is 2. The maximum absolute atomic E-state index is 12.6. The van der Waals surface area contributed by atoms with Crippen molar-refractivity contribution in [2.24, 2.45) is 0 Å². The van der Waals surface area contributed by atoms with Gasteiger partial charge in [0.15, 0.2) is 0 Å². The maximum atomic E-state index is 12.6. The third-order valence-electron chi connectivity index (χ3n) is 4.53. The number of aliphatic hydroxyl groups excluding tert-OH is 1. The van der Waals surface area contributed by atoms with Crippen LogP contribution in [0.2, 0.25) is 0 Å². The van der Waals surface area contributed by atoms with Crippen molar-refractivity contribution in [3.05, 3.63) is 33.9 Å². The average molecular weight is 335 g/mol. The Morgan fingerprint density at radius 3 is 2.71 bits per heavy atom. The van der Waals surface area contributed by atoms with E-state index < -0.39 is 4.92 Å². The molecule has 1 amide bonds. The molecule has 24 heavy (non-hydrogen) atoms. The van der Waals surface area contributed by atoms with Crippen LogP contribution in [-0.2, 0) is 0 Å². The Bertz CT molecular complexity index is 585. The lowest BCUT2D eigenvalue weighted by molar-refractivity contribution is -0.384. The van der Waals surface area contributed by atoms with Gasteiger partial charge < -0.3 is 15.3 Å². The first-order valence-electron chi connectivity index (χ1n) is 8.45. The minimum absolute atomic E-state index is 0.0174. The second-order valence-corrected chi connectivity index (χ2v) is 6.20. The van der Waals surface area contributed by atoms with Crippen LogP contribution in [0.5, 0.6) is 0 Å². The highest BCUT2D eigenvalue weighted by atomic mass is 16.6. The standard InChI is InChI=1S/C17H25N3O4/c1-19(14-6-3-2-4-7-14)17(22)13-8-9-15(18-10-5-11-21)16(12-13)20(23)24/h8-9,12,14,18,21H,2-7,10-11H2,1H3. The van der Waals surface area contributed by atoms with E-state index in [0.717, 1.165) is 25.7 Å². The zero-order valence-corrected chi connectivity index (χ0v) is 14.0. The van der Waals surface area contributed by atoms with Gasteiger partial charge in [-0.25, -0.2) is 0 Å². The molecule has 0 unspecified atom stereocenters. The maximum Gasteiger partial charge on any atom is 0.293 e. The Morgan fingerprint density at radius 2 is 2.08 bits per heavy atom. The summed E-state index contributed by atoms with van der Waals surface area (Å²) >= 11 is 0. The van der Waals surface area contributed by atoms with E-state index in [9.17, 15) is 14.9 Å². The molecule has 132 valence electrons. The van der Waals surface area contributed by atoms with Crippen molar-refractivity contribution in [3.63, 3.8) is 0 Å². The van der Waals surface area contributed by atoms with Gasteiger partial charge in [-0.3, -0.25) is 14.9 Å². The van der Waals surface area contributed by atoms with Crippen molar-refractivity contribution in [3.8, 4) is 0 Å². The Kier molecular flexibility index (Phi) is 6.54. The van der Waals surface area contributed by atoms with Gasteiger partial charge in [0.1, 0.15) is 5.69 Å². The molecule has 0 bridgehead atoms. The van der Waals surface area contributed by atoms with E-state index in [0.29, 0.717) is 24.2 Å². The molecule has 1 saturated carbocycles. The summed E-state index contributed by atoms with van der Waals surface area (Å²) < 4.78 is 0. The van der Waals surface area contributed by atoms with Crippen LogP contribution in [0.3, 0.4) is 0 Å². The highest BCUT2D eigenvalue weighted by Gasteiger charge is 2.25. The molecule has 0 radical (unpaired) electrons. The first-order chi connectivity index (χ1) is 11.5. The minimum Gasteiger partial charge on any atom is -0.396 e. The molecule has 0 aromatic heterocycles. The van der Waals surface area contributed by atoms with Gasteiger partial charge in [-0.05, 0) is 31.4 Å². The Hall–Kier alpha value is -2.15. The molecule has 1 aliphatic rings. The summed E-state index contributed by atoms with van der Waals surface area (Å²) in [6.07, 6.45) is 5.93. The quantitative estimate of drug-likeness (QED) is 0.454. The Labute approximate surface area is 141 Å². The molecular weight excluding hydrogens is 310 g/mol. The van der Waals surface area contributed by atoms with Gasteiger partial charge in [0, 0.05) is 37.9 Å². The van der Waals surface area contributed by atoms with Crippen LogP contribution in [-0.4, -0.2) is 47.1 Å². The van der Waals surface area contributed by atoms with Gasteiger partial charge in [0.05, 0.1) is 4.92 Å². The van der Waals surface area contributed by atoms with Crippen LogP contribution in [0.15, 0.2) is 18.2 Å². The fraction of sp³-hybridized carbons (Fsp3) is 0.588. The Balaban J connectivity index is 2.15. The van der Waals surface area contributed by atoms with Gasteiger partial charge in [-0.15, -0.1) is 0 Å². The lowest BCUT2D eigenvalue weighted by Gasteiger charge is -2.31. The van der Waals surface area contributed by atoms with Crippen LogP contribution in [0.4, 0.5) is 11.4 Å². The van der Waals surface area contributed by atoms with Crippen molar-refractivity contribution >= 4 is 17.3 Å². The summed E-state index contributed by atoms with van der Waals surface area (Å²) in [6, 6.07) is 4.74. The third kappa shape index (κ3) is 4.44. The van der Waals surface area contributed by atoms with E-state index >= 15 is 0 Å². The van der Waals surface area contributed by atoms with Gasteiger partial charge in [-0.2, -0.15) is 0 Å². The number of rotatable bonds is 7. The third-order valence-corrected chi connectivity index (χ3v) is 4.53. The van der Waals surface area contributed by atoms with Crippen LogP contribution in [0.25, 0.3) is 0 Å². The van der Waals surface area contributed by atoms with E-state index in [2.05, 4.69) is 5.32 Å². The Morgan fingerprint density at radius 1 is 1.38 bits per heavy atom. The first-order valence-corrected chi connectivity index (χ1v) is 8.45. The number of nitrogens with zero attached hydrogens (tertiary/aromatic N) is 2. The van der Waals surface area contributed by atoms with E-state index in [1.807, 2.05) is 0 Å². The van der Waals surface area contributed by atoms with Crippen molar-refractivity contribution in [1.29, 1.82) is 0 Å². The highest BCUT2D eigenvalue weighted by Crippen LogP contribution is 2.28. The molecule has 0 saturated heterocycles. The van der Waals surface area contributed by atoms with Gasteiger partial charge in [0.2, 0.25) is 0 Å². The monoisotopic (exact) mass is 335 g/mol. The second-order valence-electron chi connectivity index (χ2n) is 6.20. The van der Waals surface area contributed by atoms with Crippen molar-refractivity contribution < 1.29 is 14.8 Å². The minimum atomic E-state index is -0.487. The highest BCUT2D eigenvalue weighted by molar-refractivity contribution is 5.95. The number of carbonyl (C=O) groups is 1. The van der Waals surface area contributed by atoms with E-state index in [-0.39, 0.29) is 24.2 Å². The SMILES string of the molecule is CN(C(=O)c1ccc(NCCCO)c([N+](=O)[O-])c1)C1CCCCC1. The average Bonchev–Trinajstić information content (AvgIpc) is 2.61. The number of aliphatic hydroxyl groups is 1. The molecule has 1 fully saturated rings. The van der Waals surface area contributed by atoms with Crippen molar-refractivity contribution in [2.75, 3.05) is 25.5 Å². The molecule has 1 aromatic rings. The summed E-state index contributed by atoms with van der Waals surface area (Å²) in [7, 11) is 1.78. The number of amides is 1. The van der Waals surface area contributed by atoms with Crippen LogP contribution in [0.1, 0.15) is 48.9 Å². The summed E-state index contributed by atoms with van der Waals surface area (Å²) in [5.74, 6) is -0.174. The number of carbonyl (C=O) groups excluding carboxylic acids is 1. The lowest BCUT2D eigenvalue weighted by Crippen LogP contribution is -2.38. The zero-order valence-electron chi connectivity index (χ0n) is 14.0. The molecule has 7 nitrogen and oxygen atoms in total. The largest absolute Gasteiger partial charge is 0.396 e. The number of benzene rings is 1. The number of nitrogens with one attached hydrogen (secondary N) is 1. The van der Waals surface area contributed by atoms with Gasteiger partial charge in [0.25, 0.3) is 11.6 Å². The fourth-order valence-electron chi connectivity index (χ4n) is 3.11. The number of nitro groups is 1. The van der Waals surface area contributed by atoms with Crippen LogP contribution in [0, 0.1) is 10.1 Å². The van der Waals surface area contributed by atoms with E-state index in [1.54, 1.807) is 24.1 Å². The molecular formula is C17H25N3O4. The molecule has 2 rings (SSSR count). The number of hydrogen-bond acceptors (Lipinski definition) is 5. The number of anilines is 1.